The number of fused-ring (bicyclic) bond motifs is 6. The number of hydrogen-bond acceptors (Lipinski definition) is 15. The summed E-state index contributed by atoms with van der Waals surface area (Å²) >= 11 is 0. The van der Waals surface area contributed by atoms with Crippen molar-refractivity contribution in [1.82, 2.24) is 0 Å². The molecule has 1 saturated carbocycles. The quantitative estimate of drug-likeness (QED) is 0.136. The maximum atomic E-state index is 15.1. The molecule has 0 aromatic rings. The minimum Gasteiger partial charge on any atom is -0.504 e. The first kappa shape index (κ1) is 47.4. The minimum absolute atomic E-state index is 0.181. The highest BCUT2D eigenvalue weighted by Gasteiger charge is 2.73. The molecule has 356 valence electrons. The number of aliphatic hydroxyl groups excluding tert-OH is 2. The molecular formula is C47H74BO15-. The van der Waals surface area contributed by atoms with Crippen molar-refractivity contribution in [3.05, 3.63) is 12.2 Å². The van der Waals surface area contributed by atoms with Gasteiger partial charge >= 0.3 is 24.9 Å². The Labute approximate surface area is 373 Å². The lowest BCUT2D eigenvalue weighted by atomic mass is 9.73. The third kappa shape index (κ3) is 8.92. The van der Waals surface area contributed by atoms with Crippen molar-refractivity contribution < 1.29 is 71.6 Å². The highest BCUT2D eigenvalue weighted by atomic mass is 17.0. The third-order valence-electron chi connectivity index (χ3n) is 16.4. The van der Waals surface area contributed by atoms with Crippen LogP contribution >= 0.6 is 0 Å². The van der Waals surface area contributed by atoms with Crippen LogP contribution in [0.2, 0.25) is 0 Å². The second-order valence-corrected chi connectivity index (χ2v) is 21.5. The first-order valence-electron chi connectivity index (χ1n) is 24.3. The summed E-state index contributed by atoms with van der Waals surface area (Å²) in [6.45, 7) is 11.7. The largest absolute Gasteiger partial charge is 0.536 e. The Balaban J connectivity index is 1.23. The summed E-state index contributed by atoms with van der Waals surface area (Å²) in [6.07, 6.45) is 4.84. The Morgan fingerprint density at radius 3 is 1.90 bits per heavy atom. The van der Waals surface area contributed by atoms with Gasteiger partial charge in [-0.25, -0.2) is 9.59 Å². The molecule has 9 bridgehead atoms. The lowest BCUT2D eigenvalue weighted by molar-refractivity contribution is -0.311. The van der Waals surface area contributed by atoms with Gasteiger partial charge in [-0.05, 0) is 84.5 Å². The molecule has 0 aromatic heterocycles. The normalized spacial score (nSPS) is 46.9. The van der Waals surface area contributed by atoms with Gasteiger partial charge < -0.3 is 57.3 Å². The van der Waals surface area contributed by atoms with Crippen LogP contribution in [0.1, 0.15) is 158 Å². The Morgan fingerprint density at radius 1 is 0.730 bits per heavy atom. The Morgan fingerprint density at radius 2 is 1.30 bits per heavy atom. The lowest BCUT2D eigenvalue weighted by Gasteiger charge is -2.52. The summed E-state index contributed by atoms with van der Waals surface area (Å²) in [5.74, 6) is -6.84. The number of esters is 3. The monoisotopic (exact) mass is 890 g/mol. The summed E-state index contributed by atoms with van der Waals surface area (Å²) in [5.41, 5.74) is -1.65. The SMILES string of the molecule is C[C@@H]1CC[C@@H]2O[C@]13O[B-]14O[C@H]3C(=O)O[C@H]([C@@H](C)OC(=O)C3CCCCC3)C/C=C\CC[C@H](O)C(C)(C)[C@@H]3CC[C@@H](C)[C@](O3)(O1)[C@@H](O4)C(=O)O[C@H]1C[C@@H](CCC[C@@H](O)C2(C)C)O[C@@H]1C. The third-order valence-corrected chi connectivity index (χ3v) is 16.4. The van der Waals surface area contributed by atoms with E-state index in [0.717, 1.165) is 32.1 Å². The molecule has 16 atom stereocenters. The van der Waals surface area contributed by atoms with Crippen LogP contribution in [0.25, 0.3) is 0 Å². The van der Waals surface area contributed by atoms with Crippen LogP contribution in [-0.2, 0) is 61.4 Å². The molecule has 7 fully saturated rings. The Bertz CT molecular complexity index is 1700. The summed E-state index contributed by atoms with van der Waals surface area (Å²) < 4.78 is 66.6. The maximum absolute atomic E-state index is 15.1. The van der Waals surface area contributed by atoms with E-state index in [1.54, 1.807) is 6.92 Å². The number of ether oxygens (including phenoxy) is 6. The molecule has 7 aliphatic heterocycles. The summed E-state index contributed by atoms with van der Waals surface area (Å²) in [5, 5.41) is 23.7. The highest BCUT2D eigenvalue weighted by Crippen LogP contribution is 2.57. The fraction of sp³-hybridized carbons (Fsp3) is 0.894. The van der Waals surface area contributed by atoms with Crippen molar-refractivity contribution in [2.24, 2.45) is 28.6 Å². The van der Waals surface area contributed by atoms with Crippen LogP contribution < -0.4 is 0 Å². The average Bonchev–Trinajstić information content (AvgIpc) is 3.87. The first-order chi connectivity index (χ1) is 29.8. The maximum Gasteiger partial charge on any atom is 0.536 e. The number of carbonyl (C=O) groups is 3. The second kappa shape index (κ2) is 18.2. The van der Waals surface area contributed by atoms with Gasteiger partial charge in [0.15, 0.2) is 23.8 Å². The molecule has 63 heavy (non-hydrogen) atoms. The number of cyclic esters (lactones) is 1. The average molecular weight is 890 g/mol. The highest BCUT2D eigenvalue weighted by molar-refractivity contribution is 6.56. The van der Waals surface area contributed by atoms with Gasteiger partial charge in [-0.3, -0.25) is 4.79 Å². The smallest absolute Gasteiger partial charge is 0.504 e. The summed E-state index contributed by atoms with van der Waals surface area (Å²) in [7, 11) is 0. The van der Waals surface area contributed by atoms with Crippen LogP contribution in [-0.4, -0.2) is 114 Å². The fourth-order valence-electron chi connectivity index (χ4n) is 11.7. The fourth-order valence-corrected chi connectivity index (χ4v) is 11.7. The number of aliphatic hydroxyl groups is 2. The van der Waals surface area contributed by atoms with Crippen LogP contribution in [0, 0.1) is 28.6 Å². The zero-order chi connectivity index (χ0) is 45.1. The number of hydrogen-bond donors (Lipinski definition) is 2. The number of allylic oxidation sites excluding steroid dienone is 1. The van der Waals surface area contributed by atoms with E-state index in [9.17, 15) is 19.8 Å². The summed E-state index contributed by atoms with van der Waals surface area (Å²) in [4.78, 5) is 43.4. The molecule has 0 amide bonds. The van der Waals surface area contributed by atoms with Crippen molar-refractivity contribution in [1.29, 1.82) is 0 Å². The number of carbonyl (C=O) groups excluding carboxylic acids is 3. The van der Waals surface area contributed by atoms with Gasteiger partial charge in [0.2, 0.25) is 0 Å². The van der Waals surface area contributed by atoms with E-state index in [1.165, 1.54) is 0 Å². The zero-order valence-electron chi connectivity index (χ0n) is 38.8. The molecule has 15 nitrogen and oxygen atoms in total. The van der Waals surface area contributed by atoms with Gasteiger partial charge in [0.1, 0.15) is 18.3 Å². The van der Waals surface area contributed by atoms with Gasteiger partial charge in [-0.15, -0.1) is 0 Å². The van der Waals surface area contributed by atoms with E-state index in [-0.39, 0.29) is 24.4 Å². The van der Waals surface area contributed by atoms with E-state index < -0.39 is 114 Å². The van der Waals surface area contributed by atoms with Crippen molar-refractivity contribution in [3.8, 4) is 0 Å². The van der Waals surface area contributed by atoms with Crippen LogP contribution in [0.15, 0.2) is 12.2 Å². The topological polar surface area (TPSA) is 184 Å². The second-order valence-electron chi connectivity index (χ2n) is 21.5. The molecule has 1 aliphatic carbocycles. The van der Waals surface area contributed by atoms with Crippen LogP contribution in [0.3, 0.4) is 0 Å². The van der Waals surface area contributed by atoms with Crippen molar-refractivity contribution in [3.63, 3.8) is 0 Å². The van der Waals surface area contributed by atoms with E-state index >= 15 is 4.79 Å². The Kier molecular flexibility index (Phi) is 13.6. The van der Waals surface area contributed by atoms with Gasteiger partial charge in [0.05, 0.1) is 42.5 Å². The molecule has 1 unspecified atom stereocenters. The van der Waals surface area contributed by atoms with Gasteiger partial charge in [-0.2, -0.15) is 0 Å². The molecule has 3 spiro atoms. The van der Waals surface area contributed by atoms with Crippen LogP contribution in [0.4, 0.5) is 0 Å². The molecule has 2 N–H and O–H groups in total. The van der Waals surface area contributed by atoms with Crippen molar-refractivity contribution in [2.75, 3.05) is 0 Å². The van der Waals surface area contributed by atoms with E-state index in [2.05, 4.69) is 0 Å². The molecule has 16 heteroatoms. The number of rotatable bonds is 3. The van der Waals surface area contributed by atoms with E-state index in [4.69, 9.17) is 47.0 Å². The van der Waals surface area contributed by atoms with Crippen molar-refractivity contribution in [2.45, 2.75) is 237 Å². The lowest BCUT2D eigenvalue weighted by Crippen LogP contribution is -2.61. The van der Waals surface area contributed by atoms with Gasteiger partial charge in [-0.1, -0.05) is 73.0 Å². The van der Waals surface area contributed by atoms with Crippen LogP contribution in [0.5, 0.6) is 0 Å². The zero-order valence-corrected chi connectivity index (χ0v) is 38.8. The first-order valence-corrected chi connectivity index (χ1v) is 24.3. The molecule has 7 heterocycles. The summed E-state index contributed by atoms with van der Waals surface area (Å²) in [6, 6.07) is 0. The predicted octanol–water partition coefficient (Wildman–Crippen LogP) is 6.49. The molecular weight excluding hydrogens is 815 g/mol. The molecule has 8 rings (SSSR count). The standard InChI is InChI=1S/C47H74BO15/c1-27-23-25-38-45(7,8)36(50)21-15-18-32-26-34(30(4)54-32)57-43(53)40-47-28(2)22-24-37(58-47)44(5,6)35(49)20-14-10-13-19-33(29(3)55-41(51)31-16-11-9-12-17-31)56-42(52)39-46(27,59-38)62-48(60-39,61-40)63-47/h10,13,27-40,49-50H,9,11-12,14-26H2,1-8H3/q-1/b13-10-/t27-,28-,29-,30-,32-,33+,34+,35+,36-,37+,38+,39+,40+,46+,47+,48?/m1/s1. The molecule has 0 radical (unpaired) electrons. The Hall–Kier alpha value is -2.15. The van der Waals surface area contributed by atoms with E-state index in [1.807, 2.05) is 60.6 Å². The minimum atomic E-state index is -3.51. The van der Waals surface area contributed by atoms with Gasteiger partial charge in [0.25, 0.3) is 0 Å². The van der Waals surface area contributed by atoms with Gasteiger partial charge in [0, 0.05) is 35.5 Å². The predicted molar refractivity (Wildman–Crippen MR) is 227 cm³/mol. The molecule has 8 aliphatic rings. The van der Waals surface area contributed by atoms with E-state index in [0.29, 0.717) is 64.2 Å². The molecule has 6 saturated heterocycles. The van der Waals surface area contributed by atoms with Crippen molar-refractivity contribution >= 4 is 24.9 Å². The molecule has 0 aromatic carbocycles.